The lowest BCUT2D eigenvalue weighted by molar-refractivity contribution is 0.374. The first-order chi connectivity index (χ1) is 9.11. The molecule has 0 unspecified atom stereocenters. The highest BCUT2D eigenvalue weighted by Crippen LogP contribution is 2.19. The van der Waals surface area contributed by atoms with Gasteiger partial charge in [0, 0.05) is 12.1 Å². The largest absolute Gasteiger partial charge is 0.308 e. The molecule has 2 aromatic carbocycles. The second-order valence-corrected chi connectivity index (χ2v) is 5.65. The molecule has 0 bridgehead atoms. The molecule has 2 rings (SSSR count). The fraction of sp³-hybridized carbons (Fsp3) is 0.333. The highest BCUT2D eigenvalue weighted by atomic mass is 14.9. The van der Waals surface area contributed by atoms with Crippen LogP contribution in [0.4, 0.5) is 0 Å². The standard InChI is InChI=1S/C18H23N/c1-4-18(2,3)19-14-15-10-12-17(13-11-15)16-8-6-5-7-9-16/h5-13,19H,4,14H2,1-3H3. The lowest BCUT2D eigenvalue weighted by Gasteiger charge is -2.24. The number of rotatable bonds is 5. The predicted octanol–water partition coefficient (Wildman–Crippen LogP) is 4.63. The predicted molar refractivity (Wildman–Crippen MR) is 83.1 cm³/mol. The van der Waals surface area contributed by atoms with Crippen LogP contribution in [0.3, 0.4) is 0 Å². The van der Waals surface area contributed by atoms with Crippen LogP contribution >= 0.6 is 0 Å². The Morgan fingerprint density at radius 1 is 0.842 bits per heavy atom. The molecule has 0 saturated heterocycles. The van der Waals surface area contributed by atoms with Gasteiger partial charge >= 0.3 is 0 Å². The summed E-state index contributed by atoms with van der Waals surface area (Å²) in [6.45, 7) is 7.62. The summed E-state index contributed by atoms with van der Waals surface area (Å²) in [5.74, 6) is 0. The molecule has 0 heterocycles. The van der Waals surface area contributed by atoms with Gasteiger partial charge in [0.05, 0.1) is 0 Å². The summed E-state index contributed by atoms with van der Waals surface area (Å²) in [5, 5.41) is 3.58. The maximum absolute atomic E-state index is 3.58. The van der Waals surface area contributed by atoms with Gasteiger partial charge in [0.25, 0.3) is 0 Å². The van der Waals surface area contributed by atoms with Crippen molar-refractivity contribution in [1.82, 2.24) is 5.32 Å². The van der Waals surface area contributed by atoms with E-state index in [1.54, 1.807) is 0 Å². The first kappa shape index (κ1) is 13.8. The summed E-state index contributed by atoms with van der Waals surface area (Å²) in [6, 6.07) is 19.3. The lowest BCUT2D eigenvalue weighted by Crippen LogP contribution is -2.37. The third kappa shape index (κ3) is 3.93. The first-order valence-electron chi connectivity index (χ1n) is 7.00. The third-order valence-corrected chi connectivity index (χ3v) is 3.72. The van der Waals surface area contributed by atoms with E-state index >= 15 is 0 Å². The molecule has 1 N–H and O–H groups in total. The van der Waals surface area contributed by atoms with Crippen molar-refractivity contribution in [2.24, 2.45) is 0 Å². The van der Waals surface area contributed by atoms with E-state index in [1.807, 2.05) is 0 Å². The monoisotopic (exact) mass is 253 g/mol. The SMILES string of the molecule is CCC(C)(C)NCc1ccc(-c2ccccc2)cc1. The molecular weight excluding hydrogens is 230 g/mol. The molecule has 19 heavy (non-hydrogen) atoms. The number of benzene rings is 2. The molecular formula is C18H23N. The smallest absolute Gasteiger partial charge is 0.0210 e. The Balaban J connectivity index is 2.03. The minimum absolute atomic E-state index is 0.206. The van der Waals surface area contributed by atoms with Crippen LogP contribution in [-0.2, 0) is 6.54 Å². The average molecular weight is 253 g/mol. The molecule has 0 radical (unpaired) electrons. The van der Waals surface area contributed by atoms with Crippen molar-refractivity contribution in [1.29, 1.82) is 0 Å². The summed E-state index contributed by atoms with van der Waals surface area (Å²) in [6.07, 6.45) is 1.13. The topological polar surface area (TPSA) is 12.0 Å². The van der Waals surface area contributed by atoms with Gasteiger partial charge in [-0.25, -0.2) is 0 Å². The molecule has 0 aliphatic heterocycles. The van der Waals surface area contributed by atoms with Crippen LogP contribution in [0.15, 0.2) is 54.6 Å². The van der Waals surface area contributed by atoms with Crippen molar-refractivity contribution in [3.63, 3.8) is 0 Å². The molecule has 100 valence electrons. The first-order valence-corrected chi connectivity index (χ1v) is 7.00. The zero-order valence-corrected chi connectivity index (χ0v) is 12.1. The molecule has 0 saturated carbocycles. The van der Waals surface area contributed by atoms with E-state index in [0.29, 0.717) is 0 Å². The second kappa shape index (κ2) is 6.03. The van der Waals surface area contributed by atoms with E-state index in [4.69, 9.17) is 0 Å². The van der Waals surface area contributed by atoms with Gasteiger partial charge < -0.3 is 5.32 Å². The third-order valence-electron chi connectivity index (χ3n) is 3.72. The van der Waals surface area contributed by atoms with Crippen LogP contribution < -0.4 is 5.32 Å². The van der Waals surface area contributed by atoms with Crippen molar-refractivity contribution in [3.05, 3.63) is 60.2 Å². The van der Waals surface area contributed by atoms with Crippen molar-refractivity contribution in [3.8, 4) is 11.1 Å². The van der Waals surface area contributed by atoms with Crippen molar-refractivity contribution in [2.45, 2.75) is 39.3 Å². The zero-order chi connectivity index (χ0) is 13.7. The fourth-order valence-corrected chi connectivity index (χ4v) is 1.91. The summed E-state index contributed by atoms with van der Waals surface area (Å²) < 4.78 is 0. The van der Waals surface area contributed by atoms with Gasteiger partial charge in [0.2, 0.25) is 0 Å². The van der Waals surface area contributed by atoms with Crippen LogP contribution in [0.25, 0.3) is 11.1 Å². The van der Waals surface area contributed by atoms with Gasteiger partial charge in [0.1, 0.15) is 0 Å². The Kier molecular flexibility index (Phi) is 4.39. The molecule has 0 aliphatic rings. The summed E-state index contributed by atoms with van der Waals surface area (Å²) in [7, 11) is 0. The van der Waals surface area contributed by atoms with Crippen LogP contribution in [0.2, 0.25) is 0 Å². The van der Waals surface area contributed by atoms with E-state index in [1.165, 1.54) is 16.7 Å². The number of hydrogen-bond donors (Lipinski definition) is 1. The van der Waals surface area contributed by atoms with Crippen LogP contribution in [0.5, 0.6) is 0 Å². The molecule has 0 spiro atoms. The van der Waals surface area contributed by atoms with Gasteiger partial charge in [-0.05, 0) is 37.0 Å². The Morgan fingerprint density at radius 3 is 2.00 bits per heavy atom. The van der Waals surface area contributed by atoms with Crippen LogP contribution in [-0.4, -0.2) is 5.54 Å². The molecule has 0 fully saturated rings. The van der Waals surface area contributed by atoms with Crippen molar-refractivity contribution < 1.29 is 0 Å². The Labute approximate surface area is 116 Å². The second-order valence-electron chi connectivity index (χ2n) is 5.65. The molecule has 1 heteroatoms. The summed E-state index contributed by atoms with van der Waals surface area (Å²) >= 11 is 0. The molecule has 2 aromatic rings. The fourth-order valence-electron chi connectivity index (χ4n) is 1.91. The normalized spacial score (nSPS) is 11.5. The van der Waals surface area contributed by atoms with Gasteiger partial charge in [-0.2, -0.15) is 0 Å². The maximum Gasteiger partial charge on any atom is 0.0210 e. The lowest BCUT2D eigenvalue weighted by atomic mass is 10.0. The Morgan fingerprint density at radius 2 is 1.42 bits per heavy atom. The van der Waals surface area contributed by atoms with E-state index in [2.05, 4.69) is 80.7 Å². The van der Waals surface area contributed by atoms with Crippen LogP contribution in [0.1, 0.15) is 32.8 Å². The minimum atomic E-state index is 0.206. The highest BCUT2D eigenvalue weighted by Gasteiger charge is 2.13. The number of hydrogen-bond acceptors (Lipinski definition) is 1. The summed E-state index contributed by atoms with van der Waals surface area (Å²) in [4.78, 5) is 0. The molecule has 0 aliphatic carbocycles. The van der Waals surface area contributed by atoms with Gasteiger partial charge in [-0.15, -0.1) is 0 Å². The van der Waals surface area contributed by atoms with E-state index in [-0.39, 0.29) is 5.54 Å². The molecule has 0 aromatic heterocycles. The summed E-state index contributed by atoms with van der Waals surface area (Å²) in [5.41, 5.74) is 4.09. The molecule has 0 amide bonds. The zero-order valence-electron chi connectivity index (χ0n) is 12.1. The van der Waals surface area contributed by atoms with Gasteiger partial charge in [-0.3, -0.25) is 0 Å². The quantitative estimate of drug-likeness (QED) is 0.819. The molecule has 0 atom stereocenters. The van der Waals surface area contributed by atoms with Gasteiger partial charge in [0.15, 0.2) is 0 Å². The number of nitrogens with one attached hydrogen (secondary N) is 1. The maximum atomic E-state index is 3.58. The average Bonchev–Trinajstić information content (AvgIpc) is 2.47. The van der Waals surface area contributed by atoms with E-state index < -0.39 is 0 Å². The highest BCUT2D eigenvalue weighted by molar-refractivity contribution is 5.63. The van der Waals surface area contributed by atoms with Crippen molar-refractivity contribution >= 4 is 0 Å². The minimum Gasteiger partial charge on any atom is -0.308 e. The van der Waals surface area contributed by atoms with Gasteiger partial charge in [-0.1, -0.05) is 61.5 Å². The Hall–Kier alpha value is -1.60. The van der Waals surface area contributed by atoms with E-state index in [9.17, 15) is 0 Å². The van der Waals surface area contributed by atoms with Crippen LogP contribution in [0, 0.1) is 0 Å². The Bertz CT molecular complexity index is 497. The molecule has 1 nitrogen and oxygen atoms in total. The van der Waals surface area contributed by atoms with Crippen molar-refractivity contribution in [2.75, 3.05) is 0 Å². The van der Waals surface area contributed by atoms with E-state index in [0.717, 1.165) is 13.0 Å².